The Kier molecular flexibility index (Phi) is 7.09. The molecule has 0 spiro atoms. The Morgan fingerprint density at radius 2 is 1.74 bits per heavy atom. The van der Waals surface area contributed by atoms with Crippen molar-refractivity contribution in [2.24, 2.45) is 0 Å². The van der Waals surface area contributed by atoms with Gasteiger partial charge in [-0.3, -0.25) is 9.59 Å². The Balaban J connectivity index is 1.56. The minimum absolute atomic E-state index is 0.125. The number of aromatic nitrogens is 2. The van der Waals surface area contributed by atoms with E-state index in [9.17, 15) is 9.59 Å². The molecule has 0 fully saturated rings. The van der Waals surface area contributed by atoms with E-state index in [1.807, 2.05) is 92.0 Å². The van der Waals surface area contributed by atoms with Crippen LogP contribution in [-0.2, 0) is 16.0 Å². The van der Waals surface area contributed by atoms with Crippen LogP contribution in [0.25, 0.3) is 16.9 Å². The zero-order valence-electron chi connectivity index (χ0n) is 19.0. The largest absolute Gasteiger partial charge is 0.349 e. The van der Waals surface area contributed by atoms with Crippen LogP contribution in [0.1, 0.15) is 31.0 Å². The molecule has 1 atom stereocenters. The zero-order valence-corrected chi connectivity index (χ0v) is 19.7. The summed E-state index contributed by atoms with van der Waals surface area (Å²) in [6.45, 7) is 3.38. The molecule has 0 aliphatic carbocycles. The van der Waals surface area contributed by atoms with Crippen LogP contribution in [0.4, 0.5) is 5.69 Å². The van der Waals surface area contributed by atoms with Gasteiger partial charge in [0.15, 0.2) is 0 Å². The molecule has 34 heavy (non-hydrogen) atoms. The molecule has 2 amide bonds. The Morgan fingerprint density at radius 3 is 2.44 bits per heavy atom. The van der Waals surface area contributed by atoms with Crippen molar-refractivity contribution in [1.29, 1.82) is 0 Å². The van der Waals surface area contributed by atoms with Crippen molar-refractivity contribution < 1.29 is 9.59 Å². The Morgan fingerprint density at radius 1 is 1.00 bits per heavy atom. The van der Waals surface area contributed by atoms with Crippen molar-refractivity contribution in [3.8, 4) is 16.9 Å². The summed E-state index contributed by atoms with van der Waals surface area (Å²) < 4.78 is 1.78. The molecule has 7 heteroatoms. The number of nitrogens with one attached hydrogen (secondary N) is 2. The Labute approximate surface area is 203 Å². The van der Waals surface area contributed by atoms with Gasteiger partial charge in [0.1, 0.15) is 0 Å². The highest BCUT2D eigenvalue weighted by molar-refractivity contribution is 6.30. The molecule has 0 aliphatic heterocycles. The fourth-order valence-corrected chi connectivity index (χ4v) is 3.87. The molecule has 1 unspecified atom stereocenters. The third-order valence-electron chi connectivity index (χ3n) is 5.36. The smallest absolute Gasteiger partial charge is 0.225 e. The topological polar surface area (TPSA) is 76.0 Å². The van der Waals surface area contributed by atoms with Crippen LogP contribution in [0.5, 0.6) is 0 Å². The highest BCUT2D eigenvalue weighted by Crippen LogP contribution is 2.26. The van der Waals surface area contributed by atoms with Gasteiger partial charge in [-0.2, -0.15) is 5.10 Å². The van der Waals surface area contributed by atoms with Crippen molar-refractivity contribution in [2.75, 3.05) is 5.32 Å². The first-order valence-corrected chi connectivity index (χ1v) is 11.3. The third-order valence-corrected chi connectivity index (χ3v) is 5.62. The van der Waals surface area contributed by atoms with Crippen molar-refractivity contribution >= 4 is 29.1 Å². The number of carbonyl (C=O) groups excluding carboxylic acids is 2. The summed E-state index contributed by atoms with van der Waals surface area (Å²) in [5.74, 6) is -0.265. The molecule has 4 aromatic rings. The Hall–Kier alpha value is -3.90. The molecule has 1 aromatic heterocycles. The second-order valence-corrected chi connectivity index (χ2v) is 8.50. The lowest BCUT2D eigenvalue weighted by Crippen LogP contribution is -2.28. The summed E-state index contributed by atoms with van der Waals surface area (Å²) in [6, 6.07) is 24.4. The molecule has 0 radical (unpaired) electrons. The number of para-hydroxylation sites is 1. The maximum absolute atomic E-state index is 13.0. The van der Waals surface area contributed by atoms with Crippen LogP contribution >= 0.6 is 11.6 Å². The molecule has 0 aliphatic rings. The van der Waals surface area contributed by atoms with E-state index in [1.54, 1.807) is 4.68 Å². The van der Waals surface area contributed by atoms with Gasteiger partial charge < -0.3 is 10.6 Å². The number of rotatable bonds is 7. The molecule has 1 heterocycles. The normalized spacial score (nSPS) is 11.6. The van der Waals surface area contributed by atoms with Gasteiger partial charge in [0.05, 0.1) is 23.8 Å². The summed E-state index contributed by atoms with van der Waals surface area (Å²) >= 11 is 6.07. The Bertz CT molecular complexity index is 1300. The second-order valence-electron chi connectivity index (χ2n) is 8.06. The van der Waals surface area contributed by atoms with Crippen molar-refractivity contribution in [3.63, 3.8) is 0 Å². The number of carbonyl (C=O) groups is 2. The van der Waals surface area contributed by atoms with Crippen LogP contribution in [0.15, 0.2) is 85.1 Å². The van der Waals surface area contributed by atoms with Gasteiger partial charge in [-0.25, -0.2) is 4.68 Å². The first kappa shape index (κ1) is 23.3. The van der Waals surface area contributed by atoms with E-state index >= 15 is 0 Å². The summed E-state index contributed by atoms with van der Waals surface area (Å²) in [5.41, 5.74) is 4.93. The lowest BCUT2D eigenvalue weighted by Gasteiger charge is -2.15. The van der Waals surface area contributed by atoms with E-state index in [0.29, 0.717) is 10.7 Å². The zero-order chi connectivity index (χ0) is 24.1. The number of benzene rings is 3. The molecule has 172 valence electrons. The third kappa shape index (κ3) is 5.71. The van der Waals surface area contributed by atoms with E-state index in [-0.39, 0.29) is 24.3 Å². The number of anilines is 1. The summed E-state index contributed by atoms with van der Waals surface area (Å²) in [4.78, 5) is 24.4. The fourth-order valence-electron chi connectivity index (χ4n) is 3.74. The van der Waals surface area contributed by atoms with Gasteiger partial charge in [-0.15, -0.1) is 0 Å². The number of hydrogen-bond donors (Lipinski definition) is 2. The SMILES string of the molecule is CC(=O)Nc1cccc(C(C)NC(=O)Cc2cn(-c3ccccc3)nc2-c2ccc(Cl)cc2)c1. The number of halogens is 1. The van der Waals surface area contributed by atoms with Crippen LogP contribution in [-0.4, -0.2) is 21.6 Å². The average molecular weight is 473 g/mol. The molecule has 3 aromatic carbocycles. The quantitative estimate of drug-likeness (QED) is 0.369. The summed E-state index contributed by atoms with van der Waals surface area (Å²) in [5, 5.41) is 11.2. The molecular weight excluding hydrogens is 448 g/mol. The molecule has 4 rings (SSSR count). The maximum Gasteiger partial charge on any atom is 0.225 e. The van der Waals surface area contributed by atoms with Crippen LogP contribution in [0.3, 0.4) is 0 Å². The number of nitrogens with zero attached hydrogens (tertiary/aromatic N) is 2. The van der Waals surface area contributed by atoms with Gasteiger partial charge >= 0.3 is 0 Å². The van der Waals surface area contributed by atoms with E-state index in [2.05, 4.69) is 10.6 Å². The summed E-state index contributed by atoms with van der Waals surface area (Å²) in [7, 11) is 0. The highest BCUT2D eigenvalue weighted by atomic mass is 35.5. The molecule has 6 nitrogen and oxygen atoms in total. The molecular formula is C27H25ClN4O2. The van der Waals surface area contributed by atoms with Crippen molar-refractivity contribution in [2.45, 2.75) is 26.3 Å². The summed E-state index contributed by atoms with van der Waals surface area (Å²) in [6.07, 6.45) is 2.06. The minimum atomic E-state index is -0.232. The van der Waals surface area contributed by atoms with Crippen molar-refractivity contribution in [1.82, 2.24) is 15.1 Å². The van der Waals surface area contributed by atoms with Gasteiger partial charge in [0.2, 0.25) is 11.8 Å². The average Bonchev–Trinajstić information content (AvgIpc) is 3.23. The maximum atomic E-state index is 13.0. The lowest BCUT2D eigenvalue weighted by atomic mass is 10.0. The van der Waals surface area contributed by atoms with Gasteiger partial charge in [0, 0.05) is 35.0 Å². The monoisotopic (exact) mass is 472 g/mol. The standard InChI is InChI=1S/C27H25ClN4O2/c1-18(21-7-6-8-24(15-21)30-19(2)33)29-26(34)16-22-17-32(25-9-4-3-5-10-25)31-27(22)20-11-13-23(28)14-12-20/h3-15,17-18H,16H2,1-2H3,(H,29,34)(H,30,33). The minimum Gasteiger partial charge on any atom is -0.349 e. The van der Waals surface area contributed by atoms with Crippen LogP contribution < -0.4 is 10.6 Å². The fraction of sp³-hybridized carbons (Fsp3) is 0.148. The lowest BCUT2D eigenvalue weighted by molar-refractivity contribution is -0.121. The molecule has 2 N–H and O–H groups in total. The second kappa shape index (κ2) is 10.4. The van der Waals surface area contributed by atoms with Gasteiger partial charge in [0.25, 0.3) is 0 Å². The molecule has 0 saturated heterocycles. The van der Waals surface area contributed by atoms with Gasteiger partial charge in [-0.1, -0.05) is 54.1 Å². The van der Waals surface area contributed by atoms with E-state index in [1.165, 1.54) is 6.92 Å². The van der Waals surface area contributed by atoms with E-state index in [4.69, 9.17) is 16.7 Å². The predicted octanol–water partition coefficient (Wildman–Crippen LogP) is 5.57. The molecule has 0 saturated carbocycles. The molecule has 0 bridgehead atoms. The van der Waals surface area contributed by atoms with E-state index < -0.39 is 0 Å². The first-order valence-electron chi connectivity index (χ1n) is 11.0. The van der Waals surface area contributed by atoms with Gasteiger partial charge in [-0.05, 0) is 48.9 Å². The van der Waals surface area contributed by atoms with Crippen LogP contribution in [0.2, 0.25) is 5.02 Å². The number of hydrogen-bond acceptors (Lipinski definition) is 3. The van der Waals surface area contributed by atoms with Crippen molar-refractivity contribution in [3.05, 3.63) is 101 Å². The van der Waals surface area contributed by atoms with E-state index in [0.717, 1.165) is 28.1 Å². The highest BCUT2D eigenvalue weighted by Gasteiger charge is 2.17. The number of amides is 2. The van der Waals surface area contributed by atoms with Crippen LogP contribution in [0, 0.1) is 0 Å². The predicted molar refractivity (Wildman–Crippen MR) is 135 cm³/mol. The first-order chi connectivity index (χ1) is 16.4.